The van der Waals surface area contributed by atoms with Gasteiger partial charge in [-0.2, -0.15) is 8.42 Å². The average Bonchev–Trinajstić information content (AvgIpc) is 3.24. The van der Waals surface area contributed by atoms with Crippen molar-refractivity contribution >= 4 is 22.1 Å². The zero-order valence-corrected chi connectivity index (χ0v) is 39.8. The number of aliphatic hydroxyl groups is 3. The maximum absolute atomic E-state index is 12.8. The fraction of sp³-hybridized carbons (Fsp3) is 0.878. The Kier molecular flexibility index (Phi) is 37.0. The zero-order chi connectivity index (χ0) is 45.5. The molecule has 364 valence electrons. The van der Waals surface area contributed by atoms with E-state index in [1.54, 1.807) is 0 Å². The number of rotatable bonds is 42. The third-order valence-corrected chi connectivity index (χ3v) is 12.3. The van der Waals surface area contributed by atoms with Gasteiger partial charge < -0.3 is 34.3 Å². The van der Waals surface area contributed by atoms with Gasteiger partial charge in [-0.3, -0.25) is 14.1 Å². The number of ether oxygens (including phenoxy) is 4. The summed E-state index contributed by atoms with van der Waals surface area (Å²) in [7, 11) is -4.60. The number of carbonyl (C=O) groups excluding carboxylic acids is 2. The number of unbranched alkanes of at least 4 members (excludes halogenated alkanes) is 26. The van der Waals surface area contributed by atoms with Crippen molar-refractivity contribution in [3.63, 3.8) is 0 Å². The third-order valence-electron chi connectivity index (χ3n) is 11.5. The number of hydrogen-bond donors (Lipinski definition) is 4. The molecule has 1 fully saturated rings. The summed E-state index contributed by atoms with van der Waals surface area (Å²) in [6, 6.07) is 0. The molecule has 0 amide bonds. The molecule has 1 aliphatic rings. The van der Waals surface area contributed by atoms with E-state index >= 15 is 0 Å². The molecule has 12 nitrogen and oxygen atoms in total. The quantitative estimate of drug-likeness (QED) is 0.0197. The standard InChI is InChI=1S/C49H90O12S/c1-3-5-7-9-11-13-15-16-17-18-19-20-21-22-23-24-25-26-28-29-31-33-35-37-44(50)58-39-42(60-45(51)38-36-34-32-30-27-14-12-10-8-6-4-2)40-59-49-48(54)47(53)46(52)43(61-49)41-62(55,56)57/h24-25,29,31,42-43,46-49,52-54H,3-23,26-28,30,32-41H2,1-2H3,(H,55,56,57)/b25-24+,31-29+/t42-,43-,46-,47?,48?,49+/m1/s1. The molecule has 0 aliphatic carbocycles. The topological polar surface area (TPSA) is 186 Å². The van der Waals surface area contributed by atoms with Crippen molar-refractivity contribution in [1.82, 2.24) is 0 Å². The molecule has 13 heteroatoms. The summed E-state index contributed by atoms with van der Waals surface area (Å²) in [4.78, 5) is 25.4. The van der Waals surface area contributed by atoms with Crippen molar-refractivity contribution in [2.75, 3.05) is 19.0 Å². The summed E-state index contributed by atoms with van der Waals surface area (Å²) in [6.07, 6.45) is 35.3. The Morgan fingerprint density at radius 2 is 0.952 bits per heavy atom. The first-order valence-electron chi connectivity index (χ1n) is 24.9. The van der Waals surface area contributed by atoms with E-state index in [0.717, 1.165) is 38.5 Å². The van der Waals surface area contributed by atoms with Crippen molar-refractivity contribution in [3.05, 3.63) is 24.3 Å². The molecule has 0 bridgehead atoms. The molecule has 1 heterocycles. The van der Waals surface area contributed by atoms with Crippen LogP contribution in [0.1, 0.15) is 219 Å². The molecule has 1 rings (SSSR count). The third kappa shape index (κ3) is 33.6. The molecule has 0 spiro atoms. The lowest BCUT2D eigenvalue weighted by molar-refractivity contribution is -0.297. The van der Waals surface area contributed by atoms with Gasteiger partial charge in [0.2, 0.25) is 0 Å². The van der Waals surface area contributed by atoms with Gasteiger partial charge in [-0.05, 0) is 44.9 Å². The van der Waals surface area contributed by atoms with Crippen LogP contribution in [0.3, 0.4) is 0 Å². The second-order valence-corrected chi connectivity index (χ2v) is 19.0. The van der Waals surface area contributed by atoms with Crippen LogP contribution < -0.4 is 0 Å². The molecular formula is C49H90O12S. The van der Waals surface area contributed by atoms with Gasteiger partial charge in [0.25, 0.3) is 10.1 Å². The van der Waals surface area contributed by atoms with E-state index in [1.165, 1.54) is 135 Å². The minimum Gasteiger partial charge on any atom is -0.462 e. The first-order chi connectivity index (χ1) is 30.0. The highest BCUT2D eigenvalue weighted by molar-refractivity contribution is 7.85. The van der Waals surface area contributed by atoms with Gasteiger partial charge in [-0.1, -0.05) is 186 Å². The number of carbonyl (C=O) groups is 2. The summed E-state index contributed by atoms with van der Waals surface area (Å²) in [5.41, 5.74) is 0. The van der Waals surface area contributed by atoms with E-state index in [4.69, 9.17) is 18.9 Å². The van der Waals surface area contributed by atoms with Crippen LogP contribution >= 0.6 is 0 Å². The second-order valence-electron chi connectivity index (χ2n) is 17.5. The van der Waals surface area contributed by atoms with Gasteiger partial charge in [0, 0.05) is 12.8 Å². The molecule has 0 aromatic rings. The van der Waals surface area contributed by atoms with E-state index in [2.05, 4.69) is 38.2 Å². The van der Waals surface area contributed by atoms with Gasteiger partial charge >= 0.3 is 11.9 Å². The molecule has 2 unspecified atom stereocenters. The Balaban J connectivity index is 2.35. The minimum absolute atomic E-state index is 0.160. The van der Waals surface area contributed by atoms with Crippen LogP contribution in [0.5, 0.6) is 0 Å². The lowest BCUT2D eigenvalue weighted by atomic mass is 10.00. The molecular weight excluding hydrogens is 813 g/mol. The van der Waals surface area contributed by atoms with Crippen molar-refractivity contribution in [3.8, 4) is 0 Å². The summed E-state index contributed by atoms with van der Waals surface area (Å²) in [5.74, 6) is -2.03. The van der Waals surface area contributed by atoms with Gasteiger partial charge in [-0.15, -0.1) is 0 Å². The van der Waals surface area contributed by atoms with Crippen LogP contribution in [0.2, 0.25) is 0 Å². The van der Waals surface area contributed by atoms with Crippen molar-refractivity contribution in [2.24, 2.45) is 0 Å². The minimum atomic E-state index is -4.60. The zero-order valence-electron chi connectivity index (χ0n) is 39.0. The summed E-state index contributed by atoms with van der Waals surface area (Å²) in [6.45, 7) is 3.74. The smallest absolute Gasteiger partial charge is 0.306 e. The summed E-state index contributed by atoms with van der Waals surface area (Å²) in [5, 5.41) is 30.9. The number of aliphatic hydroxyl groups excluding tert-OH is 3. The van der Waals surface area contributed by atoms with Crippen LogP contribution in [-0.2, 0) is 38.7 Å². The van der Waals surface area contributed by atoms with Crippen LogP contribution in [0.4, 0.5) is 0 Å². The molecule has 4 N–H and O–H groups in total. The van der Waals surface area contributed by atoms with Gasteiger partial charge in [0.15, 0.2) is 12.4 Å². The first-order valence-corrected chi connectivity index (χ1v) is 26.5. The molecule has 0 radical (unpaired) electrons. The molecule has 0 saturated carbocycles. The molecule has 0 aromatic carbocycles. The highest BCUT2D eigenvalue weighted by Gasteiger charge is 2.46. The maximum atomic E-state index is 12.8. The average molecular weight is 903 g/mol. The fourth-order valence-electron chi connectivity index (χ4n) is 7.64. The Labute approximate surface area is 377 Å². The Hall–Kier alpha value is -1.87. The number of hydrogen-bond acceptors (Lipinski definition) is 11. The van der Waals surface area contributed by atoms with Crippen LogP contribution in [0, 0.1) is 0 Å². The predicted octanol–water partition coefficient (Wildman–Crippen LogP) is 10.8. The molecule has 0 aromatic heterocycles. The second kappa shape index (κ2) is 39.5. The lowest BCUT2D eigenvalue weighted by Gasteiger charge is -2.40. The van der Waals surface area contributed by atoms with Crippen molar-refractivity contribution in [1.29, 1.82) is 0 Å². The van der Waals surface area contributed by atoms with E-state index in [-0.39, 0.29) is 19.4 Å². The van der Waals surface area contributed by atoms with Crippen LogP contribution in [-0.4, -0.2) is 96.0 Å². The predicted molar refractivity (Wildman–Crippen MR) is 247 cm³/mol. The summed E-state index contributed by atoms with van der Waals surface area (Å²) < 4.78 is 54.0. The summed E-state index contributed by atoms with van der Waals surface area (Å²) >= 11 is 0. The number of allylic oxidation sites excluding steroid dienone is 4. The van der Waals surface area contributed by atoms with E-state index in [1.807, 2.05) is 0 Å². The highest BCUT2D eigenvalue weighted by atomic mass is 32.2. The van der Waals surface area contributed by atoms with Gasteiger partial charge in [0.1, 0.15) is 36.8 Å². The largest absolute Gasteiger partial charge is 0.462 e. The van der Waals surface area contributed by atoms with Gasteiger partial charge in [0.05, 0.1) is 6.61 Å². The van der Waals surface area contributed by atoms with Crippen LogP contribution in [0.15, 0.2) is 24.3 Å². The Morgan fingerprint density at radius 3 is 1.44 bits per heavy atom. The Morgan fingerprint density at radius 1 is 0.532 bits per heavy atom. The molecule has 62 heavy (non-hydrogen) atoms. The monoisotopic (exact) mass is 903 g/mol. The normalized spacial score (nSPS) is 20.0. The van der Waals surface area contributed by atoms with E-state index in [9.17, 15) is 37.9 Å². The SMILES string of the molecule is CCCCCCCCCCCCCCCC/C=C/CC/C=C/CCCC(=O)OC[C@H](CO[C@H]1O[C@H](CS(=O)(=O)O)[C@@H](O)C(O)C1O)OC(=O)CCCCCCCCCCCCC. The number of esters is 2. The Bertz CT molecular complexity index is 1240. The maximum Gasteiger partial charge on any atom is 0.306 e. The van der Waals surface area contributed by atoms with E-state index in [0.29, 0.717) is 19.3 Å². The highest BCUT2D eigenvalue weighted by Crippen LogP contribution is 2.24. The molecule has 6 atom stereocenters. The van der Waals surface area contributed by atoms with Crippen molar-refractivity contribution < 1.29 is 56.8 Å². The molecule has 1 aliphatic heterocycles. The van der Waals surface area contributed by atoms with Crippen molar-refractivity contribution in [2.45, 2.75) is 256 Å². The van der Waals surface area contributed by atoms with Gasteiger partial charge in [-0.25, -0.2) is 0 Å². The first kappa shape index (κ1) is 58.1. The molecule has 1 saturated heterocycles. The lowest BCUT2D eigenvalue weighted by Crippen LogP contribution is -2.60. The fourth-order valence-corrected chi connectivity index (χ4v) is 8.33. The van der Waals surface area contributed by atoms with E-state index < -0.39 is 71.2 Å². The van der Waals surface area contributed by atoms with Crippen LogP contribution in [0.25, 0.3) is 0 Å².